The summed E-state index contributed by atoms with van der Waals surface area (Å²) < 4.78 is 28.0. The van der Waals surface area contributed by atoms with Gasteiger partial charge < -0.3 is 0 Å². The van der Waals surface area contributed by atoms with Crippen LogP contribution >= 0.6 is 0 Å². The van der Waals surface area contributed by atoms with Crippen LogP contribution in [0.2, 0.25) is 0 Å². The molecule has 2 aromatic carbocycles. The first kappa shape index (κ1) is 18.4. The lowest BCUT2D eigenvalue weighted by Gasteiger charge is -2.09. The lowest BCUT2D eigenvalue weighted by Crippen LogP contribution is -2.29. The highest BCUT2D eigenvalue weighted by Crippen LogP contribution is 2.14. The van der Waals surface area contributed by atoms with Crippen LogP contribution in [0.5, 0.6) is 0 Å². The molecule has 0 aliphatic carbocycles. The number of aryl methyl sites for hydroxylation is 1. The van der Waals surface area contributed by atoms with Crippen molar-refractivity contribution >= 4 is 22.4 Å². The third-order valence-electron chi connectivity index (χ3n) is 4.03. The summed E-state index contributed by atoms with van der Waals surface area (Å²) >= 11 is 0. The standard InChI is InChI=1S/C19H16F2N4O2/c1-3-25-19(27)15-7-5-4-6-14(15)17(24-25)18(26)23-22-11(2)13-9-8-12(20)10-16(13)21/h4-10H,3H2,1-2H3,(H,23,26)/b22-11-. The van der Waals surface area contributed by atoms with Crippen LogP contribution in [0.3, 0.4) is 0 Å². The minimum atomic E-state index is -0.784. The molecule has 0 aliphatic heterocycles. The largest absolute Gasteiger partial charge is 0.292 e. The van der Waals surface area contributed by atoms with E-state index in [1.54, 1.807) is 31.2 Å². The van der Waals surface area contributed by atoms with Crippen molar-refractivity contribution in [2.24, 2.45) is 5.10 Å². The molecule has 138 valence electrons. The van der Waals surface area contributed by atoms with Gasteiger partial charge in [0, 0.05) is 23.6 Å². The van der Waals surface area contributed by atoms with Crippen molar-refractivity contribution in [3.63, 3.8) is 0 Å². The van der Waals surface area contributed by atoms with Crippen molar-refractivity contribution in [1.82, 2.24) is 15.2 Å². The number of benzene rings is 2. The third kappa shape index (κ3) is 3.59. The number of hydrazone groups is 1. The molecular formula is C19H16F2N4O2. The van der Waals surface area contributed by atoms with Crippen LogP contribution in [-0.4, -0.2) is 21.4 Å². The van der Waals surface area contributed by atoms with Crippen LogP contribution in [-0.2, 0) is 6.54 Å². The smallest absolute Gasteiger partial charge is 0.267 e. The maximum atomic E-state index is 13.8. The quantitative estimate of drug-likeness (QED) is 0.567. The van der Waals surface area contributed by atoms with E-state index < -0.39 is 17.5 Å². The van der Waals surface area contributed by atoms with Crippen LogP contribution in [0.15, 0.2) is 52.4 Å². The fraction of sp³-hybridized carbons (Fsp3) is 0.158. The van der Waals surface area contributed by atoms with Crippen molar-refractivity contribution in [3.8, 4) is 0 Å². The molecule has 0 saturated heterocycles. The minimum absolute atomic E-state index is 0.0307. The Morgan fingerprint density at radius 1 is 1.19 bits per heavy atom. The summed E-state index contributed by atoms with van der Waals surface area (Å²) in [4.78, 5) is 24.9. The number of hydrogen-bond acceptors (Lipinski definition) is 4. The lowest BCUT2D eigenvalue weighted by atomic mass is 10.1. The van der Waals surface area contributed by atoms with Gasteiger partial charge in [0.1, 0.15) is 11.6 Å². The zero-order chi connectivity index (χ0) is 19.6. The molecule has 1 amide bonds. The number of nitrogens with zero attached hydrogens (tertiary/aromatic N) is 3. The van der Waals surface area contributed by atoms with Crippen LogP contribution in [0.4, 0.5) is 8.78 Å². The molecule has 0 atom stereocenters. The Labute approximate surface area is 153 Å². The van der Waals surface area contributed by atoms with Crippen LogP contribution < -0.4 is 11.0 Å². The molecule has 1 aromatic heterocycles. The highest BCUT2D eigenvalue weighted by Gasteiger charge is 2.16. The molecule has 0 fully saturated rings. The van der Waals surface area contributed by atoms with Gasteiger partial charge in [0.15, 0.2) is 5.69 Å². The summed E-state index contributed by atoms with van der Waals surface area (Å²) in [6.45, 7) is 3.52. The number of carbonyl (C=O) groups is 1. The van der Waals surface area contributed by atoms with E-state index in [0.29, 0.717) is 17.3 Å². The average molecular weight is 370 g/mol. The summed E-state index contributed by atoms with van der Waals surface area (Å²) in [6.07, 6.45) is 0. The highest BCUT2D eigenvalue weighted by molar-refractivity contribution is 6.06. The number of carbonyl (C=O) groups excluding carboxylic acids is 1. The fourth-order valence-electron chi connectivity index (χ4n) is 2.65. The molecule has 0 radical (unpaired) electrons. The van der Waals surface area contributed by atoms with Gasteiger partial charge in [-0.2, -0.15) is 10.2 Å². The van der Waals surface area contributed by atoms with Gasteiger partial charge in [-0.05, 0) is 32.0 Å². The van der Waals surface area contributed by atoms with E-state index in [9.17, 15) is 18.4 Å². The number of nitrogens with one attached hydrogen (secondary N) is 1. The summed E-state index contributed by atoms with van der Waals surface area (Å²) in [5.41, 5.74) is 2.27. The SMILES string of the molecule is CCn1nc(C(=O)N/N=C(/C)c2ccc(F)cc2F)c2ccccc2c1=O. The van der Waals surface area contributed by atoms with Crippen LogP contribution in [0, 0.1) is 11.6 Å². The fourth-order valence-corrected chi connectivity index (χ4v) is 2.65. The predicted molar refractivity (Wildman–Crippen MR) is 97.7 cm³/mol. The molecule has 8 heteroatoms. The summed E-state index contributed by atoms with van der Waals surface area (Å²) in [5.74, 6) is -2.13. The molecule has 27 heavy (non-hydrogen) atoms. The van der Waals surface area contributed by atoms with Gasteiger partial charge in [-0.25, -0.2) is 18.9 Å². The van der Waals surface area contributed by atoms with E-state index in [1.807, 2.05) is 0 Å². The van der Waals surface area contributed by atoms with Gasteiger partial charge in [0.05, 0.1) is 11.1 Å². The topological polar surface area (TPSA) is 76.3 Å². The molecule has 0 saturated carbocycles. The second-order valence-corrected chi connectivity index (χ2v) is 5.78. The van der Waals surface area contributed by atoms with Gasteiger partial charge in [0.25, 0.3) is 11.5 Å². The van der Waals surface area contributed by atoms with E-state index in [2.05, 4.69) is 15.6 Å². The first-order valence-corrected chi connectivity index (χ1v) is 8.22. The summed E-state index contributed by atoms with van der Waals surface area (Å²) in [7, 11) is 0. The second-order valence-electron chi connectivity index (χ2n) is 5.78. The maximum Gasteiger partial charge on any atom is 0.292 e. The summed E-state index contributed by atoms with van der Waals surface area (Å²) in [5, 5.41) is 8.73. The molecule has 0 unspecified atom stereocenters. The van der Waals surface area contributed by atoms with E-state index in [4.69, 9.17) is 0 Å². The third-order valence-corrected chi connectivity index (χ3v) is 4.03. The summed E-state index contributed by atoms with van der Waals surface area (Å²) in [6, 6.07) is 9.71. The Morgan fingerprint density at radius 2 is 1.89 bits per heavy atom. The van der Waals surface area contributed by atoms with Gasteiger partial charge in [-0.1, -0.05) is 18.2 Å². The molecule has 0 bridgehead atoms. The van der Waals surface area contributed by atoms with Crippen molar-refractivity contribution in [1.29, 1.82) is 0 Å². The van der Waals surface area contributed by atoms with Crippen molar-refractivity contribution in [3.05, 3.63) is 75.7 Å². The van der Waals surface area contributed by atoms with E-state index >= 15 is 0 Å². The van der Waals surface area contributed by atoms with Gasteiger partial charge in [-0.15, -0.1) is 0 Å². The first-order chi connectivity index (χ1) is 12.9. The zero-order valence-corrected chi connectivity index (χ0v) is 14.7. The Kier molecular flexibility index (Phi) is 5.07. The second kappa shape index (κ2) is 7.45. The van der Waals surface area contributed by atoms with Gasteiger partial charge >= 0.3 is 0 Å². The number of aromatic nitrogens is 2. The maximum absolute atomic E-state index is 13.8. The van der Waals surface area contributed by atoms with Crippen LogP contribution in [0.25, 0.3) is 10.8 Å². The molecule has 0 aliphatic rings. The molecule has 1 N–H and O–H groups in total. The zero-order valence-electron chi connectivity index (χ0n) is 14.7. The van der Waals surface area contributed by atoms with Crippen LogP contribution in [0.1, 0.15) is 29.9 Å². The molecule has 0 spiro atoms. The molecule has 3 rings (SSSR count). The van der Waals surface area contributed by atoms with E-state index in [0.717, 1.165) is 12.1 Å². The highest BCUT2D eigenvalue weighted by atomic mass is 19.1. The minimum Gasteiger partial charge on any atom is -0.267 e. The molecule has 6 nitrogen and oxygen atoms in total. The Morgan fingerprint density at radius 3 is 2.56 bits per heavy atom. The van der Waals surface area contributed by atoms with Crippen molar-refractivity contribution < 1.29 is 13.6 Å². The number of hydrogen-bond donors (Lipinski definition) is 1. The lowest BCUT2D eigenvalue weighted by molar-refractivity contribution is 0.0949. The van der Waals surface area contributed by atoms with E-state index in [1.165, 1.54) is 17.7 Å². The van der Waals surface area contributed by atoms with E-state index in [-0.39, 0.29) is 22.5 Å². The molecule has 1 heterocycles. The van der Waals surface area contributed by atoms with Crippen molar-refractivity contribution in [2.75, 3.05) is 0 Å². The number of rotatable bonds is 4. The predicted octanol–water partition coefficient (Wildman–Crippen LogP) is 2.85. The monoisotopic (exact) mass is 370 g/mol. The normalized spacial score (nSPS) is 11.6. The van der Waals surface area contributed by atoms with Gasteiger partial charge in [-0.3, -0.25) is 9.59 Å². The Hall–Kier alpha value is -3.42. The number of amides is 1. The first-order valence-electron chi connectivity index (χ1n) is 8.22. The Balaban J connectivity index is 1.97. The Bertz CT molecular complexity index is 1120. The van der Waals surface area contributed by atoms with Crippen molar-refractivity contribution in [2.45, 2.75) is 20.4 Å². The average Bonchev–Trinajstić information content (AvgIpc) is 2.66. The number of halogens is 2. The molecular weight excluding hydrogens is 354 g/mol. The number of fused-ring (bicyclic) bond motifs is 1. The molecule has 3 aromatic rings. The van der Waals surface area contributed by atoms with Gasteiger partial charge in [0.2, 0.25) is 0 Å².